The van der Waals surface area contributed by atoms with Crippen molar-refractivity contribution in [1.82, 2.24) is 20.2 Å². The topological polar surface area (TPSA) is 43.8 Å². The predicted octanol–water partition coefficient (Wildman–Crippen LogP) is 4.77. The van der Waals surface area contributed by atoms with Crippen molar-refractivity contribution in [2.75, 3.05) is 0 Å². The Bertz CT molecular complexity index is 929. The Morgan fingerprint density at radius 3 is 2.83 bits per heavy atom. The van der Waals surface area contributed by atoms with Crippen LogP contribution in [0.25, 0.3) is 0 Å². The fourth-order valence-electron chi connectivity index (χ4n) is 4.95. The van der Waals surface area contributed by atoms with Crippen molar-refractivity contribution in [3.8, 4) is 0 Å². The highest BCUT2D eigenvalue weighted by Gasteiger charge is 2.37. The first-order valence-corrected chi connectivity index (χ1v) is 10.8. The molecule has 1 unspecified atom stereocenters. The maximum atomic E-state index is 14.1. The standard InChI is InChI=1S/C22H25ClFN5/c1-14-18-9-6-16(23)11-20(18)26-12-21-28(14)13-27-29(21)17-7-4-15(5-8-17)22-19(24)3-2-10-25-22/h2-3,10-15,17,26H,4-9H2,1H3. The van der Waals surface area contributed by atoms with E-state index in [1.165, 1.54) is 11.6 Å². The third-order valence-electron chi connectivity index (χ3n) is 6.57. The van der Waals surface area contributed by atoms with Crippen LogP contribution < -0.4 is 5.32 Å². The highest BCUT2D eigenvalue weighted by atomic mass is 35.5. The van der Waals surface area contributed by atoms with Gasteiger partial charge in [0.1, 0.15) is 18.0 Å². The molecule has 152 valence electrons. The van der Waals surface area contributed by atoms with Gasteiger partial charge in [-0.2, -0.15) is 5.10 Å². The van der Waals surface area contributed by atoms with Crippen molar-refractivity contribution >= 4 is 17.9 Å². The number of hydrazone groups is 1. The molecular weight excluding hydrogens is 389 g/mol. The molecular formula is C22H25ClFN5. The number of aromatic nitrogens is 1. The lowest BCUT2D eigenvalue weighted by Gasteiger charge is -2.35. The molecule has 0 amide bonds. The quantitative estimate of drug-likeness (QED) is 0.758. The number of fused-ring (bicyclic) bond motifs is 1. The molecule has 0 spiro atoms. The lowest BCUT2D eigenvalue weighted by molar-refractivity contribution is 0.176. The van der Waals surface area contributed by atoms with Crippen molar-refractivity contribution in [3.05, 3.63) is 64.2 Å². The molecule has 0 radical (unpaired) electrons. The van der Waals surface area contributed by atoms with Crippen LogP contribution >= 0.6 is 11.6 Å². The highest BCUT2D eigenvalue weighted by Crippen LogP contribution is 2.39. The Balaban J connectivity index is 1.31. The molecule has 7 heteroatoms. The fourth-order valence-corrected chi connectivity index (χ4v) is 5.15. The molecule has 0 bridgehead atoms. The Labute approximate surface area is 175 Å². The van der Waals surface area contributed by atoms with E-state index in [9.17, 15) is 4.39 Å². The minimum atomic E-state index is -0.186. The number of pyridine rings is 1. The van der Waals surface area contributed by atoms with E-state index in [-0.39, 0.29) is 17.8 Å². The van der Waals surface area contributed by atoms with E-state index < -0.39 is 0 Å². The van der Waals surface area contributed by atoms with Crippen LogP contribution in [0.4, 0.5) is 4.39 Å². The zero-order valence-corrected chi connectivity index (χ0v) is 17.2. The second kappa shape index (κ2) is 7.48. The summed E-state index contributed by atoms with van der Waals surface area (Å²) in [6.07, 6.45) is 13.4. The summed E-state index contributed by atoms with van der Waals surface area (Å²) in [5.74, 6) is 1.08. The molecule has 1 aromatic heterocycles. The summed E-state index contributed by atoms with van der Waals surface area (Å²) >= 11 is 6.27. The molecule has 1 fully saturated rings. The van der Waals surface area contributed by atoms with Gasteiger partial charge < -0.3 is 10.2 Å². The van der Waals surface area contributed by atoms with Gasteiger partial charge in [-0.15, -0.1) is 0 Å². The SMILES string of the molecule is CC1C2=C(C=C(Cl)CC2)NC=C2N1C=NN2C1CCC(c2ncccc2F)CC1. The molecule has 5 nitrogen and oxygen atoms in total. The van der Waals surface area contributed by atoms with E-state index in [0.717, 1.165) is 55.1 Å². The van der Waals surface area contributed by atoms with E-state index in [4.69, 9.17) is 16.7 Å². The van der Waals surface area contributed by atoms with Crippen molar-refractivity contribution in [3.63, 3.8) is 0 Å². The molecule has 0 saturated heterocycles. The van der Waals surface area contributed by atoms with Crippen LogP contribution in [0.15, 0.2) is 57.8 Å². The zero-order chi connectivity index (χ0) is 20.0. The summed E-state index contributed by atoms with van der Waals surface area (Å²) < 4.78 is 14.1. The van der Waals surface area contributed by atoms with E-state index in [1.807, 2.05) is 18.6 Å². The number of nitrogens with zero attached hydrogens (tertiary/aromatic N) is 4. The smallest absolute Gasteiger partial charge is 0.147 e. The number of allylic oxidation sites excluding steroid dienone is 2. The maximum Gasteiger partial charge on any atom is 0.147 e. The maximum absolute atomic E-state index is 14.1. The largest absolute Gasteiger partial charge is 0.358 e. The molecule has 2 aliphatic heterocycles. The van der Waals surface area contributed by atoms with Crippen molar-refractivity contribution < 1.29 is 4.39 Å². The molecule has 1 saturated carbocycles. The van der Waals surface area contributed by atoms with Gasteiger partial charge in [-0.25, -0.2) is 9.40 Å². The highest BCUT2D eigenvalue weighted by molar-refractivity contribution is 6.29. The van der Waals surface area contributed by atoms with Gasteiger partial charge in [0.2, 0.25) is 0 Å². The van der Waals surface area contributed by atoms with E-state index in [0.29, 0.717) is 11.7 Å². The number of hydrogen-bond donors (Lipinski definition) is 1. The molecule has 0 aromatic carbocycles. The Kier molecular flexibility index (Phi) is 4.82. The summed E-state index contributed by atoms with van der Waals surface area (Å²) in [7, 11) is 0. The van der Waals surface area contributed by atoms with Crippen molar-refractivity contribution in [2.24, 2.45) is 5.10 Å². The molecule has 4 aliphatic rings. The number of halogens is 2. The molecule has 1 aromatic rings. The van der Waals surface area contributed by atoms with Gasteiger partial charge in [0, 0.05) is 29.0 Å². The van der Waals surface area contributed by atoms with Crippen LogP contribution in [0.2, 0.25) is 0 Å². The normalized spacial score (nSPS) is 29.0. The van der Waals surface area contributed by atoms with Gasteiger partial charge in [-0.05, 0) is 69.2 Å². The van der Waals surface area contributed by atoms with Crippen LogP contribution in [0.3, 0.4) is 0 Å². The summed E-state index contributed by atoms with van der Waals surface area (Å²) in [6, 6.07) is 3.71. The third kappa shape index (κ3) is 3.33. The van der Waals surface area contributed by atoms with Crippen molar-refractivity contribution in [1.29, 1.82) is 0 Å². The summed E-state index contributed by atoms with van der Waals surface area (Å²) in [4.78, 5) is 6.53. The zero-order valence-electron chi connectivity index (χ0n) is 16.5. The molecule has 5 rings (SSSR count). The van der Waals surface area contributed by atoms with E-state index in [1.54, 1.807) is 12.3 Å². The summed E-state index contributed by atoms with van der Waals surface area (Å²) in [6.45, 7) is 2.22. The summed E-state index contributed by atoms with van der Waals surface area (Å²) in [5, 5.41) is 11.2. The first-order chi connectivity index (χ1) is 14.1. The second-order valence-corrected chi connectivity index (χ2v) is 8.70. The molecule has 29 heavy (non-hydrogen) atoms. The monoisotopic (exact) mass is 413 g/mol. The van der Waals surface area contributed by atoms with Gasteiger partial charge in [-0.1, -0.05) is 11.6 Å². The minimum absolute atomic E-state index is 0.186. The van der Waals surface area contributed by atoms with Crippen LogP contribution in [-0.4, -0.2) is 33.3 Å². The van der Waals surface area contributed by atoms with Crippen LogP contribution in [-0.2, 0) is 0 Å². The second-order valence-electron chi connectivity index (χ2n) is 8.21. The third-order valence-corrected chi connectivity index (χ3v) is 6.87. The lowest BCUT2D eigenvalue weighted by Crippen LogP contribution is -2.38. The van der Waals surface area contributed by atoms with Crippen LogP contribution in [0.5, 0.6) is 0 Å². The van der Waals surface area contributed by atoms with Gasteiger partial charge in [0.25, 0.3) is 0 Å². The number of rotatable bonds is 2. The molecule has 1 N–H and O–H groups in total. The van der Waals surface area contributed by atoms with E-state index in [2.05, 4.69) is 27.1 Å². The number of nitrogens with one attached hydrogen (secondary N) is 1. The van der Waals surface area contributed by atoms with E-state index >= 15 is 0 Å². The molecule has 2 aliphatic carbocycles. The van der Waals surface area contributed by atoms with Gasteiger partial charge in [0.15, 0.2) is 0 Å². The molecule has 1 atom stereocenters. The first kappa shape index (κ1) is 18.7. The summed E-state index contributed by atoms with van der Waals surface area (Å²) in [5.41, 5.74) is 3.09. The minimum Gasteiger partial charge on any atom is -0.358 e. The Hall–Kier alpha value is -2.34. The van der Waals surface area contributed by atoms with Gasteiger partial charge >= 0.3 is 0 Å². The van der Waals surface area contributed by atoms with Crippen molar-refractivity contribution in [2.45, 2.75) is 63.5 Å². The Morgan fingerprint density at radius 1 is 1.21 bits per heavy atom. The lowest BCUT2D eigenvalue weighted by atomic mass is 9.83. The predicted molar refractivity (Wildman–Crippen MR) is 112 cm³/mol. The van der Waals surface area contributed by atoms with Crippen LogP contribution in [0, 0.1) is 5.82 Å². The molecule has 3 heterocycles. The van der Waals surface area contributed by atoms with Gasteiger partial charge in [-0.3, -0.25) is 4.98 Å². The number of hydrogen-bond acceptors (Lipinski definition) is 5. The fraction of sp³-hybridized carbons (Fsp3) is 0.455. The van der Waals surface area contributed by atoms with Crippen LogP contribution in [0.1, 0.15) is 57.1 Å². The van der Waals surface area contributed by atoms with Gasteiger partial charge in [0.05, 0.1) is 17.8 Å². The average molecular weight is 414 g/mol. The Morgan fingerprint density at radius 2 is 2.03 bits per heavy atom. The average Bonchev–Trinajstić information content (AvgIpc) is 3.11. The first-order valence-electron chi connectivity index (χ1n) is 10.4.